The minimum absolute atomic E-state index is 0.0122. The molecule has 1 atom stereocenters. The molecule has 1 unspecified atom stereocenters. The summed E-state index contributed by atoms with van der Waals surface area (Å²) in [6.45, 7) is 2.42. The molecule has 0 bridgehead atoms. The number of anilines is 2. The summed E-state index contributed by atoms with van der Waals surface area (Å²) in [6.07, 6.45) is 4.65. The van der Waals surface area contributed by atoms with Crippen molar-refractivity contribution in [2.75, 3.05) is 37.3 Å². The number of aliphatic hydroxyl groups excluding tert-OH is 1. The van der Waals surface area contributed by atoms with Crippen LogP contribution in [-0.2, 0) is 22.6 Å². The Balaban J connectivity index is 0.702. The van der Waals surface area contributed by atoms with Crippen LogP contribution in [0.5, 0.6) is 5.75 Å². The van der Waals surface area contributed by atoms with Crippen LogP contribution >= 0.6 is 31.9 Å². The summed E-state index contributed by atoms with van der Waals surface area (Å²) in [7, 11) is 0. The first kappa shape index (κ1) is 48.8. The molecule has 0 radical (unpaired) electrons. The second-order valence-corrected chi connectivity index (χ2v) is 19.1. The standard InChI is InChI=1S/C54H54Br2N6O7/c55-34-12-19-47-44(26-34)45-27-35(56)13-20-48(45)62(47)32-39(63)31-61-38-8-7-9-40(30-38)68-23-6-2-5-21-59-51(64)10-3-1-4-22-60-52(65)25-33-11-16-41(54(66)67)46(24-33)53-42-17-14-36(57)28-49(42)69-50-29-37(58)15-18-43(50)53/h7-9,11-20,24,26-30,39,57,61,63H,1-6,10,21-23,25,31-32,58H2,(H,59,64)(H,60,65)(H,66,67). The molecule has 69 heavy (non-hydrogen) atoms. The van der Waals surface area contributed by atoms with E-state index in [0.29, 0.717) is 90.3 Å². The van der Waals surface area contributed by atoms with Gasteiger partial charge in [0.15, 0.2) is 0 Å². The van der Waals surface area contributed by atoms with Gasteiger partial charge >= 0.3 is 5.97 Å². The third-order valence-corrected chi connectivity index (χ3v) is 13.1. The van der Waals surface area contributed by atoms with Crippen LogP contribution < -0.4 is 31.8 Å². The lowest BCUT2D eigenvalue weighted by atomic mass is 9.89. The Morgan fingerprint density at radius 2 is 1.46 bits per heavy atom. The topological polar surface area (TPSA) is 205 Å². The van der Waals surface area contributed by atoms with E-state index in [2.05, 4.69) is 76.6 Å². The third-order valence-electron chi connectivity index (χ3n) is 12.1. The molecule has 1 aromatic heterocycles. The smallest absolute Gasteiger partial charge is 0.336 e. The van der Waals surface area contributed by atoms with Gasteiger partial charge in [-0.2, -0.15) is 0 Å². The molecule has 1 aliphatic carbocycles. The van der Waals surface area contributed by atoms with Gasteiger partial charge in [0.05, 0.1) is 36.6 Å². The average Bonchev–Trinajstić information content (AvgIpc) is 3.61. The maximum absolute atomic E-state index is 13.0. The summed E-state index contributed by atoms with van der Waals surface area (Å²) in [5.41, 5.74) is 12.4. The minimum Gasteiger partial charge on any atom is -0.494 e. The van der Waals surface area contributed by atoms with Crippen LogP contribution in [0.15, 0.2) is 129 Å². The monoisotopic (exact) mass is 1060 g/mol. The Hall–Kier alpha value is -6.68. The Morgan fingerprint density at radius 1 is 0.739 bits per heavy atom. The number of carbonyl (C=O) groups is 3. The molecule has 8 rings (SSSR count). The second-order valence-electron chi connectivity index (χ2n) is 17.2. The van der Waals surface area contributed by atoms with Crippen LogP contribution in [0.3, 0.4) is 0 Å². The molecule has 1 aliphatic heterocycles. The summed E-state index contributed by atoms with van der Waals surface area (Å²) in [5.74, 6) is -0.114. The number of fused-ring (bicyclic) bond motifs is 5. The zero-order valence-corrected chi connectivity index (χ0v) is 41.1. The van der Waals surface area contributed by atoms with Gasteiger partial charge in [-0.15, -0.1) is 0 Å². The molecule has 2 aliphatic rings. The molecule has 15 heteroatoms. The van der Waals surface area contributed by atoms with E-state index in [0.717, 1.165) is 74.3 Å². The zero-order chi connectivity index (χ0) is 48.4. The molecule has 0 saturated heterocycles. The van der Waals surface area contributed by atoms with Crippen molar-refractivity contribution in [2.24, 2.45) is 0 Å². The number of benzene rings is 6. The number of aromatic nitrogens is 1. The fraction of sp³-hybridized carbons (Fsp3) is 0.259. The van der Waals surface area contributed by atoms with E-state index in [1.165, 1.54) is 6.07 Å². The average molecular weight is 1060 g/mol. The lowest BCUT2D eigenvalue weighted by molar-refractivity contribution is -0.121. The fourth-order valence-corrected chi connectivity index (χ4v) is 9.44. The molecule has 5 aromatic carbocycles. The fourth-order valence-electron chi connectivity index (χ4n) is 8.72. The first-order valence-electron chi connectivity index (χ1n) is 23.1. The van der Waals surface area contributed by atoms with Crippen molar-refractivity contribution in [2.45, 2.75) is 64.0 Å². The van der Waals surface area contributed by atoms with Crippen molar-refractivity contribution in [3.05, 3.63) is 141 Å². The molecule has 13 nitrogen and oxygen atoms in total. The third kappa shape index (κ3) is 12.3. The molecular weight excluding hydrogens is 1000 g/mol. The number of hydrogen-bond donors (Lipinski definition) is 7. The van der Waals surface area contributed by atoms with Gasteiger partial charge in [-0.05, 0) is 128 Å². The number of nitrogens with one attached hydrogen (secondary N) is 4. The predicted octanol–water partition coefficient (Wildman–Crippen LogP) is 10.7. The van der Waals surface area contributed by atoms with Gasteiger partial charge in [0.25, 0.3) is 0 Å². The van der Waals surface area contributed by atoms with Crippen LogP contribution in [-0.4, -0.2) is 64.9 Å². The van der Waals surface area contributed by atoms with E-state index in [-0.39, 0.29) is 29.2 Å². The van der Waals surface area contributed by atoms with E-state index in [1.807, 2.05) is 36.4 Å². The molecule has 2 amide bonds. The van der Waals surface area contributed by atoms with Crippen LogP contribution in [0.1, 0.15) is 60.9 Å². The normalized spacial score (nSPS) is 11.9. The number of ether oxygens (including phenoxy) is 1. The molecule has 0 fully saturated rings. The van der Waals surface area contributed by atoms with E-state index in [1.54, 1.807) is 48.5 Å². The maximum Gasteiger partial charge on any atom is 0.336 e. The SMILES string of the molecule is N=c1ccc2c(-c3cc(CC(=O)NCCCCCC(=O)NCCCCCOc4cccc(NCC(O)Cn5c6ccc(Br)cc6c6cc(Br)ccc65)c4)ccc3C(=O)O)c3ccc(N)cc3oc-2c1. The highest BCUT2D eigenvalue weighted by atomic mass is 79.9. The summed E-state index contributed by atoms with van der Waals surface area (Å²) in [5, 5.41) is 41.8. The zero-order valence-electron chi connectivity index (χ0n) is 38.0. The predicted molar refractivity (Wildman–Crippen MR) is 279 cm³/mol. The number of nitrogens with zero attached hydrogens (tertiary/aromatic N) is 1. The van der Waals surface area contributed by atoms with Crippen molar-refractivity contribution >= 4 is 93.8 Å². The number of amides is 2. The Kier molecular flexibility index (Phi) is 16.0. The largest absolute Gasteiger partial charge is 0.494 e. The van der Waals surface area contributed by atoms with E-state index >= 15 is 0 Å². The Labute approximate surface area is 416 Å². The van der Waals surface area contributed by atoms with Crippen LogP contribution in [0.2, 0.25) is 0 Å². The van der Waals surface area contributed by atoms with Gasteiger partial charge in [0.1, 0.15) is 17.1 Å². The highest BCUT2D eigenvalue weighted by molar-refractivity contribution is 9.10. The molecule has 0 saturated carbocycles. The number of nitrogens with two attached hydrogens (primary N) is 1. The number of carboxylic acid groups (broad SMARTS) is 1. The summed E-state index contributed by atoms with van der Waals surface area (Å²) in [6, 6.07) is 35.2. The highest BCUT2D eigenvalue weighted by Crippen LogP contribution is 2.42. The molecule has 2 heterocycles. The van der Waals surface area contributed by atoms with Crippen LogP contribution in [0.25, 0.3) is 55.2 Å². The summed E-state index contributed by atoms with van der Waals surface area (Å²) < 4.78 is 16.3. The van der Waals surface area contributed by atoms with Crippen molar-refractivity contribution in [1.29, 1.82) is 5.41 Å². The van der Waals surface area contributed by atoms with E-state index in [4.69, 9.17) is 20.3 Å². The lowest BCUT2D eigenvalue weighted by Gasteiger charge is -2.18. The molecule has 6 aromatic rings. The maximum atomic E-state index is 13.0. The number of rotatable bonds is 22. The molecular formula is C54H54Br2N6O7. The highest BCUT2D eigenvalue weighted by Gasteiger charge is 2.23. The number of aromatic carboxylic acids is 1. The van der Waals surface area contributed by atoms with Crippen molar-refractivity contribution in [1.82, 2.24) is 15.2 Å². The van der Waals surface area contributed by atoms with Gasteiger partial charge in [0.2, 0.25) is 11.8 Å². The van der Waals surface area contributed by atoms with Crippen molar-refractivity contribution in [3.8, 4) is 28.2 Å². The van der Waals surface area contributed by atoms with Gasteiger partial charge in [-0.25, -0.2) is 4.79 Å². The number of carboxylic acids is 1. The number of aliphatic hydroxyl groups is 1. The lowest BCUT2D eigenvalue weighted by Crippen LogP contribution is -2.26. The number of halogens is 2. The summed E-state index contributed by atoms with van der Waals surface area (Å²) in [4.78, 5) is 37.9. The van der Waals surface area contributed by atoms with Crippen LogP contribution in [0, 0.1) is 5.41 Å². The van der Waals surface area contributed by atoms with Crippen molar-refractivity contribution in [3.63, 3.8) is 0 Å². The van der Waals surface area contributed by atoms with Gasteiger partial charge in [0, 0.05) is 103 Å². The second kappa shape index (κ2) is 22.6. The van der Waals surface area contributed by atoms with Gasteiger partial charge in [-0.1, -0.05) is 50.4 Å². The molecule has 8 N–H and O–H groups in total. The van der Waals surface area contributed by atoms with Crippen LogP contribution in [0.4, 0.5) is 11.4 Å². The number of unbranched alkanes of at least 4 members (excludes halogenated alkanes) is 4. The van der Waals surface area contributed by atoms with E-state index < -0.39 is 12.1 Å². The van der Waals surface area contributed by atoms with Gasteiger partial charge in [-0.3, -0.25) is 9.59 Å². The number of nitrogen functional groups attached to an aromatic ring is 1. The first-order valence-corrected chi connectivity index (χ1v) is 24.7. The number of hydrogen-bond acceptors (Lipinski definition) is 9. The quantitative estimate of drug-likeness (QED) is 0.0196. The molecule has 356 valence electrons. The van der Waals surface area contributed by atoms with E-state index in [9.17, 15) is 24.6 Å². The van der Waals surface area contributed by atoms with Crippen molar-refractivity contribution < 1.29 is 33.8 Å². The minimum atomic E-state index is -1.11. The van der Waals surface area contributed by atoms with Gasteiger partial charge < -0.3 is 51.0 Å². The summed E-state index contributed by atoms with van der Waals surface area (Å²) >= 11 is 7.20. The first-order chi connectivity index (χ1) is 33.4. The Bertz CT molecular complexity index is 3130. The molecule has 0 spiro atoms. The Morgan fingerprint density at radius 3 is 2.20 bits per heavy atom. The number of carbonyl (C=O) groups excluding carboxylic acids is 2.